The highest BCUT2D eigenvalue weighted by Gasteiger charge is 2.37. The molecule has 2 aliphatic heterocycles. The van der Waals surface area contributed by atoms with Crippen molar-refractivity contribution in [2.45, 2.75) is 44.3 Å². The highest BCUT2D eigenvalue weighted by atomic mass is 16.5. The van der Waals surface area contributed by atoms with E-state index < -0.39 is 0 Å². The first-order valence-electron chi connectivity index (χ1n) is 6.92. The van der Waals surface area contributed by atoms with Gasteiger partial charge in [0.15, 0.2) is 0 Å². The van der Waals surface area contributed by atoms with Gasteiger partial charge in [-0.05, 0) is 37.3 Å². The average molecular weight is 255 g/mol. The fourth-order valence-corrected chi connectivity index (χ4v) is 3.24. The first-order valence-corrected chi connectivity index (χ1v) is 6.92. The number of carbonyl (C=O) groups excluding carboxylic acids is 1. The molecule has 3 nitrogen and oxygen atoms in total. The van der Waals surface area contributed by atoms with E-state index in [1.54, 1.807) is 6.07 Å². The quantitative estimate of drug-likeness (QED) is 0.834. The highest BCUT2D eigenvalue weighted by molar-refractivity contribution is 5.84. The Morgan fingerprint density at radius 2 is 1.95 bits per heavy atom. The lowest BCUT2D eigenvalue weighted by Crippen LogP contribution is -2.30. The first-order chi connectivity index (χ1) is 9.26. The van der Waals surface area contributed by atoms with Crippen LogP contribution in [0.4, 0.5) is 0 Å². The van der Waals surface area contributed by atoms with E-state index in [0.717, 1.165) is 31.2 Å². The van der Waals surface area contributed by atoms with Gasteiger partial charge in [0.05, 0.1) is 23.8 Å². The number of rotatable bonds is 3. The van der Waals surface area contributed by atoms with Crippen molar-refractivity contribution in [1.29, 1.82) is 5.26 Å². The van der Waals surface area contributed by atoms with Gasteiger partial charge in [-0.15, -0.1) is 0 Å². The summed E-state index contributed by atoms with van der Waals surface area (Å²) in [6.07, 6.45) is 4.90. The molecule has 0 radical (unpaired) electrons. The largest absolute Gasteiger partial charge is 0.375 e. The molecule has 0 spiro atoms. The van der Waals surface area contributed by atoms with Crippen LogP contribution in [0, 0.1) is 17.2 Å². The summed E-state index contributed by atoms with van der Waals surface area (Å²) in [5, 5.41) is 9.05. The van der Waals surface area contributed by atoms with E-state index in [9.17, 15) is 4.79 Å². The third-order valence-corrected chi connectivity index (χ3v) is 4.25. The van der Waals surface area contributed by atoms with Gasteiger partial charge in [-0.2, -0.15) is 5.26 Å². The van der Waals surface area contributed by atoms with Crippen LogP contribution in [0.3, 0.4) is 0 Å². The van der Waals surface area contributed by atoms with Crippen LogP contribution >= 0.6 is 0 Å². The molecule has 0 amide bonds. The molecule has 2 atom stereocenters. The Kier molecular flexibility index (Phi) is 3.35. The van der Waals surface area contributed by atoms with E-state index >= 15 is 0 Å². The maximum atomic E-state index is 12.4. The van der Waals surface area contributed by atoms with Crippen molar-refractivity contribution in [2.75, 3.05) is 0 Å². The minimum atomic E-state index is 0.123. The molecule has 2 heterocycles. The number of nitriles is 1. The lowest BCUT2D eigenvalue weighted by molar-refractivity contribution is -0.127. The van der Waals surface area contributed by atoms with Crippen LogP contribution < -0.4 is 0 Å². The molecule has 2 fully saturated rings. The number of nitrogens with zero attached hydrogens (tertiary/aromatic N) is 1. The van der Waals surface area contributed by atoms with Gasteiger partial charge in [0.1, 0.15) is 5.78 Å². The van der Waals surface area contributed by atoms with Gasteiger partial charge in [0.25, 0.3) is 0 Å². The molecule has 2 bridgehead atoms. The summed E-state index contributed by atoms with van der Waals surface area (Å²) in [6, 6.07) is 9.53. The lowest BCUT2D eigenvalue weighted by atomic mass is 9.87. The van der Waals surface area contributed by atoms with Crippen molar-refractivity contribution >= 4 is 5.78 Å². The molecular weight excluding hydrogens is 238 g/mol. The molecule has 3 heteroatoms. The Labute approximate surface area is 113 Å². The molecule has 1 aromatic rings. The Morgan fingerprint density at radius 1 is 1.26 bits per heavy atom. The van der Waals surface area contributed by atoms with Gasteiger partial charge in [-0.3, -0.25) is 4.79 Å². The maximum Gasteiger partial charge on any atom is 0.140 e. The zero-order chi connectivity index (χ0) is 13.2. The summed E-state index contributed by atoms with van der Waals surface area (Å²) >= 11 is 0. The van der Waals surface area contributed by atoms with Crippen molar-refractivity contribution < 1.29 is 9.53 Å². The van der Waals surface area contributed by atoms with Crippen LogP contribution in [-0.4, -0.2) is 18.0 Å². The number of ether oxygens (including phenoxy) is 1. The van der Waals surface area contributed by atoms with Crippen LogP contribution in [0.5, 0.6) is 0 Å². The van der Waals surface area contributed by atoms with Crippen LogP contribution in [0.2, 0.25) is 0 Å². The second-order valence-electron chi connectivity index (χ2n) is 5.54. The molecule has 0 N–H and O–H groups in total. The van der Waals surface area contributed by atoms with E-state index in [-0.39, 0.29) is 11.7 Å². The standard InChI is InChI=1S/C16H17NO2/c17-10-12-4-2-1-3-11(12)9-16(18)13-7-14-5-6-15(8-13)19-14/h1-4,13-15H,5-9H2. The molecule has 0 aromatic heterocycles. The normalized spacial score (nSPS) is 28.9. The van der Waals surface area contributed by atoms with Gasteiger partial charge < -0.3 is 4.74 Å². The Hall–Kier alpha value is -1.66. The van der Waals surface area contributed by atoms with Gasteiger partial charge in [-0.1, -0.05) is 18.2 Å². The number of Topliss-reactive ketones (excluding diaryl/α,β-unsaturated/α-hetero) is 1. The summed E-state index contributed by atoms with van der Waals surface area (Å²) in [5.74, 6) is 0.390. The Bertz CT molecular complexity index is 520. The van der Waals surface area contributed by atoms with Gasteiger partial charge >= 0.3 is 0 Å². The van der Waals surface area contributed by atoms with Crippen molar-refractivity contribution in [3.63, 3.8) is 0 Å². The van der Waals surface area contributed by atoms with Crippen LogP contribution in [0.1, 0.15) is 36.8 Å². The molecule has 2 unspecified atom stereocenters. The van der Waals surface area contributed by atoms with Crippen molar-refractivity contribution in [2.24, 2.45) is 5.92 Å². The number of hydrogen-bond donors (Lipinski definition) is 0. The SMILES string of the molecule is N#Cc1ccccc1CC(=O)C1CC2CCC(C1)O2. The van der Waals surface area contributed by atoms with E-state index in [1.807, 2.05) is 18.2 Å². The third-order valence-electron chi connectivity index (χ3n) is 4.25. The van der Waals surface area contributed by atoms with Crippen molar-refractivity contribution in [3.05, 3.63) is 35.4 Å². The fourth-order valence-electron chi connectivity index (χ4n) is 3.24. The first kappa shape index (κ1) is 12.4. The minimum Gasteiger partial charge on any atom is -0.375 e. The second-order valence-corrected chi connectivity index (χ2v) is 5.54. The lowest BCUT2D eigenvalue weighted by Gasteiger charge is -2.27. The Morgan fingerprint density at radius 3 is 2.63 bits per heavy atom. The zero-order valence-electron chi connectivity index (χ0n) is 10.8. The maximum absolute atomic E-state index is 12.4. The molecule has 3 rings (SSSR count). The highest BCUT2D eigenvalue weighted by Crippen LogP contribution is 2.36. The van der Waals surface area contributed by atoms with E-state index in [2.05, 4.69) is 6.07 Å². The summed E-state index contributed by atoms with van der Waals surface area (Å²) in [7, 11) is 0. The number of ketones is 1. The predicted molar refractivity (Wildman–Crippen MR) is 70.5 cm³/mol. The van der Waals surface area contributed by atoms with Crippen molar-refractivity contribution in [3.8, 4) is 6.07 Å². The Balaban J connectivity index is 1.70. The molecule has 2 aliphatic rings. The van der Waals surface area contributed by atoms with Gasteiger partial charge in [0, 0.05) is 12.3 Å². The molecule has 0 saturated carbocycles. The van der Waals surface area contributed by atoms with Crippen LogP contribution in [0.15, 0.2) is 24.3 Å². The van der Waals surface area contributed by atoms with Gasteiger partial charge in [0.2, 0.25) is 0 Å². The summed E-state index contributed by atoms with van der Waals surface area (Å²) < 4.78 is 5.77. The molecule has 0 aliphatic carbocycles. The van der Waals surface area contributed by atoms with Crippen molar-refractivity contribution in [1.82, 2.24) is 0 Å². The zero-order valence-corrected chi connectivity index (χ0v) is 10.8. The number of carbonyl (C=O) groups is 1. The predicted octanol–water partition coefficient (Wildman–Crippen LogP) is 2.63. The van der Waals surface area contributed by atoms with E-state index in [0.29, 0.717) is 24.2 Å². The van der Waals surface area contributed by atoms with E-state index in [4.69, 9.17) is 10.00 Å². The van der Waals surface area contributed by atoms with Crippen LogP contribution in [-0.2, 0) is 16.0 Å². The monoisotopic (exact) mass is 255 g/mol. The molecule has 98 valence electrons. The summed E-state index contributed by atoms with van der Waals surface area (Å²) in [5.41, 5.74) is 1.47. The third kappa shape index (κ3) is 2.54. The fraction of sp³-hybridized carbons (Fsp3) is 0.500. The van der Waals surface area contributed by atoms with E-state index in [1.165, 1.54) is 0 Å². The number of hydrogen-bond acceptors (Lipinski definition) is 3. The smallest absolute Gasteiger partial charge is 0.140 e. The summed E-state index contributed by atoms with van der Waals surface area (Å²) in [4.78, 5) is 12.4. The molecule has 19 heavy (non-hydrogen) atoms. The molecular formula is C16H17NO2. The molecule has 1 aromatic carbocycles. The molecule has 2 saturated heterocycles. The average Bonchev–Trinajstić information content (AvgIpc) is 2.78. The van der Waals surface area contributed by atoms with Crippen LogP contribution in [0.25, 0.3) is 0 Å². The second kappa shape index (κ2) is 5.14. The minimum absolute atomic E-state index is 0.123. The van der Waals surface area contributed by atoms with Gasteiger partial charge in [-0.25, -0.2) is 0 Å². The number of fused-ring (bicyclic) bond motifs is 2. The summed E-state index contributed by atoms with van der Waals surface area (Å²) in [6.45, 7) is 0. The number of benzene rings is 1. The topological polar surface area (TPSA) is 50.1 Å².